The third kappa shape index (κ3) is 4.94. The van der Waals surface area contributed by atoms with Crippen LogP contribution >= 0.6 is 0 Å². The number of carboxylic acid groups (broad SMARTS) is 1. The van der Waals surface area contributed by atoms with Crippen LogP contribution in [-0.2, 0) is 20.7 Å². The van der Waals surface area contributed by atoms with Crippen molar-refractivity contribution < 1.29 is 43.1 Å². The standard InChI is InChI=1S/C32H38N2O9/c1-38-18-6-7-19-20-8-9-34-15-17-12-26(43-32(37)16-10-24(39-2)29(41-4)25(11-16)40-3)30(42-5)27(31(35)36)21(17)14-23(34)28(20)33-22(19)13-18/h6-7,10-11,13,17,21,23,26-27,30,33H,8-9,12,14-15H2,1-5H3,(H,35,36)/t17?,21?,23-,26?,27-,30-/m0/s1. The molecular formula is C32H38N2O9. The summed E-state index contributed by atoms with van der Waals surface area (Å²) < 4.78 is 33.4. The first-order valence-corrected chi connectivity index (χ1v) is 14.5. The number of aliphatic carboxylic acids is 1. The summed E-state index contributed by atoms with van der Waals surface area (Å²) in [4.78, 5) is 32.4. The van der Waals surface area contributed by atoms with E-state index in [9.17, 15) is 14.7 Å². The Hall–Kier alpha value is -3.96. The first-order valence-electron chi connectivity index (χ1n) is 14.5. The summed E-state index contributed by atoms with van der Waals surface area (Å²) in [5, 5.41) is 11.7. The molecule has 3 aliphatic rings. The van der Waals surface area contributed by atoms with Crippen LogP contribution in [-0.4, -0.2) is 87.8 Å². The number of esters is 1. The maximum Gasteiger partial charge on any atom is 0.338 e. The van der Waals surface area contributed by atoms with E-state index in [0.29, 0.717) is 36.6 Å². The third-order valence-corrected chi connectivity index (χ3v) is 9.57. The Bertz CT molecular complexity index is 1510. The van der Waals surface area contributed by atoms with Gasteiger partial charge in [0, 0.05) is 42.9 Å². The van der Waals surface area contributed by atoms with E-state index in [0.717, 1.165) is 29.9 Å². The fraction of sp³-hybridized carbons (Fsp3) is 0.500. The average Bonchev–Trinajstić information content (AvgIpc) is 3.40. The van der Waals surface area contributed by atoms with Crippen molar-refractivity contribution in [3.8, 4) is 23.0 Å². The van der Waals surface area contributed by atoms with Gasteiger partial charge in [0.15, 0.2) is 11.5 Å². The van der Waals surface area contributed by atoms with Crippen molar-refractivity contribution >= 4 is 22.8 Å². The minimum Gasteiger partial charge on any atom is -0.497 e. The molecule has 6 atom stereocenters. The molecule has 1 aliphatic carbocycles. The molecule has 3 heterocycles. The number of benzene rings is 2. The Balaban J connectivity index is 1.28. The number of carbonyl (C=O) groups excluding carboxylic acids is 1. The lowest BCUT2D eigenvalue weighted by atomic mass is 9.64. The predicted molar refractivity (Wildman–Crippen MR) is 156 cm³/mol. The Morgan fingerprint density at radius 1 is 0.953 bits per heavy atom. The summed E-state index contributed by atoms with van der Waals surface area (Å²) in [6.07, 6.45) is 0.537. The Labute approximate surface area is 249 Å². The van der Waals surface area contributed by atoms with Gasteiger partial charge in [-0.15, -0.1) is 0 Å². The lowest BCUT2D eigenvalue weighted by molar-refractivity contribution is -0.173. The highest BCUT2D eigenvalue weighted by molar-refractivity contribution is 5.91. The molecule has 230 valence electrons. The Morgan fingerprint density at radius 2 is 1.70 bits per heavy atom. The highest BCUT2D eigenvalue weighted by Gasteiger charge is 2.54. The van der Waals surface area contributed by atoms with Gasteiger partial charge in [0.1, 0.15) is 18.0 Å². The minimum atomic E-state index is -0.943. The van der Waals surface area contributed by atoms with Crippen LogP contribution in [0.25, 0.3) is 10.9 Å². The van der Waals surface area contributed by atoms with E-state index in [2.05, 4.69) is 16.0 Å². The molecule has 2 aromatic carbocycles. The molecular weight excluding hydrogens is 556 g/mol. The zero-order chi connectivity index (χ0) is 30.4. The SMILES string of the molecule is COc1ccc2c3c([nH]c2c1)[C@@H]1CC2C(CC(OC(=O)c4cc(OC)c(OC)c(OC)c4)[C@H](OC)[C@H]2C(=O)O)CN1CC3. The van der Waals surface area contributed by atoms with Gasteiger partial charge in [-0.25, -0.2) is 4.79 Å². The molecule has 2 fully saturated rings. The summed E-state index contributed by atoms with van der Waals surface area (Å²) in [5.41, 5.74) is 3.68. The second-order valence-electron chi connectivity index (χ2n) is 11.5. The number of rotatable bonds is 8. The normalized spacial score (nSPS) is 26.5. The van der Waals surface area contributed by atoms with Gasteiger partial charge in [0.2, 0.25) is 5.75 Å². The van der Waals surface area contributed by atoms with E-state index in [1.807, 2.05) is 12.1 Å². The van der Waals surface area contributed by atoms with E-state index < -0.39 is 30.1 Å². The van der Waals surface area contributed by atoms with Crippen molar-refractivity contribution in [2.45, 2.75) is 37.5 Å². The second-order valence-corrected chi connectivity index (χ2v) is 11.5. The van der Waals surface area contributed by atoms with Gasteiger partial charge in [-0.2, -0.15) is 0 Å². The first kappa shape index (κ1) is 29.1. The number of methoxy groups -OCH3 is 5. The third-order valence-electron chi connectivity index (χ3n) is 9.57. The van der Waals surface area contributed by atoms with Gasteiger partial charge >= 0.3 is 11.9 Å². The number of aromatic amines is 1. The summed E-state index contributed by atoms with van der Waals surface area (Å²) in [6.45, 7) is 1.59. The van der Waals surface area contributed by atoms with E-state index in [4.69, 9.17) is 28.4 Å². The number of nitrogens with zero attached hydrogens (tertiary/aromatic N) is 1. The molecule has 1 aromatic heterocycles. The summed E-state index contributed by atoms with van der Waals surface area (Å²) in [5.74, 6) is -0.722. The molecule has 2 N–H and O–H groups in total. The fourth-order valence-corrected chi connectivity index (χ4v) is 7.64. The van der Waals surface area contributed by atoms with Crippen molar-refractivity contribution in [1.29, 1.82) is 0 Å². The van der Waals surface area contributed by atoms with Crippen molar-refractivity contribution in [2.24, 2.45) is 17.8 Å². The molecule has 3 unspecified atom stereocenters. The molecule has 0 radical (unpaired) electrons. The number of nitrogens with one attached hydrogen (secondary N) is 1. The Kier molecular flexibility index (Phi) is 7.87. The second kappa shape index (κ2) is 11.6. The summed E-state index contributed by atoms with van der Waals surface area (Å²) >= 11 is 0. The number of hydrogen-bond donors (Lipinski definition) is 2. The van der Waals surface area contributed by atoms with E-state index in [-0.39, 0.29) is 23.4 Å². The summed E-state index contributed by atoms with van der Waals surface area (Å²) in [7, 11) is 7.57. The molecule has 11 nitrogen and oxygen atoms in total. The van der Waals surface area contributed by atoms with Crippen LogP contribution in [0, 0.1) is 17.8 Å². The van der Waals surface area contributed by atoms with Crippen molar-refractivity contribution in [2.75, 3.05) is 48.6 Å². The van der Waals surface area contributed by atoms with Gasteiger partial charge in [-0.05, 0) is 60.9 Å². The highest BCUT2D eigenvalue weighted by Crippen LogP contribution is 2.50. The molecule has 0 bridgehead atoms. The quantitative estimate of drug-likeness (QED) is 0.368. The van der Waals surface area contributed by atoms with E-state index >= 15 is 0 Å². The zero-order valence-corrected chi connectivity index (χ0v) is 25.0. The number of hydrogen-bond acceptors (Lipinski definition) is 9. The maximum absolute atomic E-state index is 13.4. The van der Waals surface area contributed by atoms with Gasteiger partial charge < -0.3 is 38.5 Å². The highest BCUT2D eigenvalue weighted by atomic mass is 16.6. The molecule has 11 heteroatoms. The van der Waals surface area contributed by atoms with Crippen molar-refractivity contribution in [3.63, 3.8) is 0 Å². The van der Waals surface area contributed by atoms with Crippen LogP contribution in [0.15, 0.2) is 30.3 Å². The summed E-state index contributed by atoms with van der Waals surface area (Å²) in [6, 6.07) is 9.21. The molecule has 0 amide bonds. The number of ether oxygens (including phenoxy) is 6. The van der Waals surface area contributed by atoms with Crippen LogP contribution in [0.5, 0.6) is 23.0 Å². The number of fused-ring (bicyclic) bond motifs is 6. The number of carboxylic acids is 1. The van der Waals surface area contributed by atoms with Crippen LogP contribution in [0.3, 0.4) is 0 Å². The lowest BCUT2D eigenvalue weighted by Crippen LogP contribution is -2.58. The molecule has 6 rings (SSSR count). The van der Waals surface area contributed by atoms with Crippen LogP contribution in [0.2, 0.25) is 0 Å². The molecule has 43 heavy (non-hydrogen) atoms. The van der Waals surface area contributed by atoms with E-state index in [1.54, 1.807) is 7.11 Å². The number of carbonyl (C=O) groups is 2. The zero-order valence-electron chi connectivity index (χ0n) is 25.0. The fourth-order valence-electron chi connectivity index (χ4n) is 7.64. The molecule has 2 aliphatic heterocycles. The lowest BCUT2D eigenvalue weighted by Gasteiger charge is -2.52. The van der Waals surface area contributed by atoms with Crippen LogP contribution in [0.4, 0.5) is 0 Å². The first-order chi connectivity index (χ1) is 20.8. The van der Waals surface area contributed by atoms with Crippen LogP contribution < -0.4 is 18.9 Å². The molecule has 1 saturated carbocycles. The average molecular weight is 595 g/mol. The van der Waals surface area contributed by atoms with Gasteiger partial charge in [0.05, 0.1) is 46.0 Å². The monoisotopic (exact) mass is 594 g/mol. The Morgan fingerprint density at radius 3 is 2.33 bits per heavy atom. The maximum atomic E-state index is 13.4. The van der Waals surface area contributed by atoms with Crippen LogP contribution in [0.1, 0.15) is 40.5 Å². The molecule has 1 saturated heterocycles. The predicted octanol–water partition coefficient (Wildman–Crippen LogP) is 4.08. The van der Waals surface area contributed by atoms with Gasteiger partial charge in [-0.3, -0.25) is 9.69 Å². The van der Waals surface area contributed by atoms with Gasteiger partial charge in [0.25, 0.3) is 0 Å². The largest absolute Gasteiger partial charge is 0.497 e. The topological polar surface area (TPSA) is 129 Å². The molecule has 0 spiro atoms. The van der Waals surface area contributed by atoms with Crippen molar-refractivity contribution in [3.05, 3.63) is 47.2 Å². The van der Waals surface area contributed by atoms with Crippen molar-refractivity contribution in [1.82, 2.24) is 9.88 Å². The van der Waals surface area contributed by atoms with E-state index in [1.165, 1.54) is 51.5 Å². The minimum absolute atomic E-state index is 0.0208. The number of aromatic nitrogens is 1. The smallest absolute Gasteiger partial charge is 0.338 e. The van der Waals surface area contributed by atoms with Gasteiger partial charge in [-0.1, -0.05) is 0 Å². The molecule has 3 aromatic rings. The number of piperidine rings is 1. The number of H-pyrrole nitrogens is 1.